The van der Waals surface area contributed by atoms with Crippen LogP contribution in [0, 0.1) is 0 Å². The van der Waals surface area contributed by atoms with Gasteiger partial charge in [-0.1, -0.05) is 12.1 Å². The Kier molecular flexibility index (Phi) is 5.78. The Bertz CT molecular complexity index is 404. The molecule has 0 bridgehead atoms. The first-order valence-corrected chi connectivity index (χ1v) is 5.70. The molecule has 0 aliphatic heterocycles. The Morgan fingerprint density at radius 2 is 2.28 bits per heavy atom. The zero-order chi connectivity index (χ0) is 13.4. The highest BCUT2D eigenvalue weighted by Gasteiger charge is 2.06. The van der Waals surface area contributed by atoms with E-state index in [-0.39, 0.29) is 19.0 Å². The lowest BCUT2D eigenvalue weighted by atomic mass is 10.3. The summed E-state index contributed by atoms with van der Waals surface area (Å²) in [5.41, 5.74) is 0.535. The van der Waals surface area contributed by atoms with Crippen molar-refractivity contribution in [1.29, 1.82) is 0 Å². The molecule has 0 aliphatic carbocycles. The average Bonchev–Trinajstić information content (AvgIpc) is 2.73. The zero-order valence-electron chi connectivity index (χ0n) is 10.2. The number of carbonyl (C=O) groups is 2. The summed E-state index contributed by atoms with van der Waals surface area (Å²) >= 11 is 0. The summed E-state index contributed by atoms with van der Waals surface area (Å²) in [5.74, 6) is -1.06. The normalized spacial score (nSPS) is 10.3. The van der Waals surface area contributed by atoms with Gasteiger partial charge in [0.1, 0.15) is 12.2 Å². The van der Waals surface area contributed by atoms with Crippen molar-refractivity contribution < 1.29 is 14.7 Å². The van der Waals surface area contributed by atoms with Crippen molar-refractivity contribution in [3.05, 3.63) is 11.9 Å². The van der Waals surface area contributed by atoms with Crippen LogP contribution in [0.3, 0.4) is 0 Å². The number of amides is 1. The van der Waals surface area contributed by atoms with Gasteiger partial charge in [-0.05, 0) is 6.54 Å². The van der Waals surface area contributed by atoms with Crippen LogP contribution in [0.4, 0.5) is 0 Å². The van der Waals surface area contributed by atoms with Gasteiger partial charge in [-0.25, -0.2) is 4.68 Å². The number of aliphatic carboxylic acids is 1. The molecule has 18 heavy (non-hydrogen) atoms. The van der Waals surface area contributed by atoms with Gasteiger partial charge in [-0.3, -0.25) is 9.59 Å². The van der Waals surface area contributed by atoms with Crippen molar-refractivity contribution in [2.24, 2.45) is 0 Å². The fourth-order valence-corrected chi connectivity index (χ4v) is 1.29. The van der Waals surface area contributed by atoms with Crippen molar-refractivity contribution >= 4 is 11.9 Å². The van der Waals surface area contributed by atoms with E-state index in [9.17, 15) is 9.59 Å². The monoisotopic (exact) mass is 255 g/mol. The molecule has 8 heteroatoms. The number of hydrogen-bond donors (Lipinski definition) is 3. The Labute approximate surface area is 104 Å². The fraction of sp³-hybridized carbons (Fsp3) is 0.600. The predicted octanol–water partition coefficient (Wildman–Crippen LogP) is -1.02. The summed E-state index contributed by atoms with van der Waals surface area (Å²) in [6.45, 7) is 3.45. The average molecular weight is 255 g/mol. The summed E-state index contributed by atoms with van der Waals surface area (Å²) in [6.07, 6.45) is 1.90. The third-order valence-electron chi connectivity index (χ3n) is 2.13. The maximum atomic E-state index is 11.4. The van der Waals surface area contributed by atoms with Crippen molar-refractivity contribution in [2.45, 2.75) is 26.4 Å². The standard InChI is InChI=1S/C10H17N5O3/c1-2-11-4-3-9(16)12-5-8-6-15(14-13-8)7-10(17)18/h6,11H,2-5,7H2,1H3,(H,12,16)(H,17,18). The van der Waals surface area contributed by atoms with Gasteiger partial charge < -0.3 is 15.7 Å². The summed E-state index contributed by atoms with van der Waals surface area (Å²) in [5, 5.41) is 21.7. The van der Waals surface area contributed by atoms with Crippen LogP contribution in [0.15, 0.2) is 6.20 Å². The Morgan fingerprint density at radius 3 is 2.94 bits per heavy atom. The molecule has 0 saturated carbocycles. The van der Waals surface area contributed by atoms with E-state index in [1.807, 2.05) is 6.92 Å². The maximum absolute atomic E-state index is 11.4. The Balaban J connectivity index is 2.28. The molecule has 100 valence electrons. The molecule has 1 aromatic heterocycles. The molecule has 0 aromatic carbocycles. The Morgan fingerprint density at radius 1 is 1.50 bits per heavy atom. The van der Waals surface area contributed by atoms with E-state index >= 15 is 0 Å². The first-order chi connectivity index (χ1) is 8.61. The van der Waals surface area contributed by atoms with E-state index < -0.39 is 5.97 Å². The smallest absolute Gasteiger partial charge is 0.325 e. The predicted molar refractivity (Wildman–Crippen MR) is 62.7 cm³/mol. The lowest BCUT2D eigenvalue weighted by Gasteiger charge is -2.02. The number of hydrogen-bond acceptors (Lipinski definition) is 5. The molecule has 0 radical (unpaired) electrons. The van der Waals surface area contributed by atoms with Crippen LogP contribution >= 0.6 is 0 Å². The van der Waals surface area contributed by atoms with Crippen LogP contribution < -0.4 is 10.6 Å². The second-order valence-corrected chi connectivity index (χ2v) is 3.68. The molecular formula is C10H17N5O3. The molecule has 8 nitrogen and oxygen atoms in total. The number of nitrogens with zero attached hydrogens (tertiary/aromatic N) is 3. The minimum absolute atomic E-state index is 0.0799. The van der Waals surface area contributed by atoms with Gasteiger partial charge in [0.25, 0.3) is 0 Å². The fourth-order valence-electron chi connectivity index (χ4n) is 1.29. The largest absolute Gasteiger partial charge is 0.480 e. The topological polar surface area (TPSA) is 109 Å². The number of rotatable bonds is 8. The molecule has 0 saturated heterocycles. The van der Waals surface area contributed by atoms with Gasteiger partial charge in [0.2, 0.25) is 5.91 Å². The van der Waals surface area contributed by atoms with Crippen LogP contribution in [0.1, 0.15) is 19.0 Å². The van der Waals surface area contributed by atoms with Crippen molar-refractivity contribution in [3.8, 4) is 0 Å². The van der Waals surface area contributed by atoms with Crippen molar-refractivity contribution in [2.75, 3.05) is 13.1 Å². The number of nitrogens with one attached hydrogen (secondary N) is 2. The van der Waals surface area contributed by atoms with E-state index in [0.29, 0.717) is 18.7 Å². The second kappa shape index (κ2) is 7.38. The van der Waals surface area contributed by atoms with E-state index in [0.717, 1.165) is 6.54 Å². The number of carboxylic acids is 1. The summed E-state index contributed by atoms with van der Waals surface area (Å²) in [4.78, 5) is 21.8. The summed E-state index contributed by atoms with van der Waals surface area (Å²) in [6, 6.07) is 0. The molecule has 1 rings (SSSR count). The van der Waals surface area contributed by atoms with E-state index in [4.69, 9.17) is 5.11 Å². The molecule has 3 N–H and O–H groups in total. The van der Waals surface area contributed by atoms with Gasteiger partial charge in [-0.2, -0.15) is 0 Å². The lowest BCUT2D eigenvalue weighted by molar-refractivity contribution is -0.138. The third-order valence-corrected chi connectivity index (χ3v) is 2.13. The highest BCUT2D eigenvalue weighted by Crippen LogP contribution is 1.93. The molecule has 0 fully saturated rings. The zero-order valence-corrected chi connectivity index (χ0v) is 10.2. The second-order valence-electron chi connectivity index (χ2n) is 3.68. The number of aromatic nitrogens is 3. The maximum Gasteiger partial charge on any atom is 0.325 e. The van der Waals surface area contributed by atoms with Gasteiger partial charge in [0.15, 0.2) is 0 Å². The van der Waals surface area contributed by atoms with Crippen LogP contribution in [-0.2, 0) is 22.7 Å². The first kappa shape index (κ1) is 14.1. The first-order valence-electron chi connectivity index (χ1n) is 5.70. The molecule has 1 heterocycles. The third kappa shape index (κ3) is 5.39. The van der Waals surface area contributed by atoms with Crippen LogP contribution in [0.25, 0.3) is 0 Å². The molecule has 0 unspecified atom stereocenters. The van der Waals surface area contributed by atoms with Gasteiger partial charge >= 0.3 is 5.97 Å². The van der Waals surface area contributed by atoms with Gasteiger partial charge in [0.05, 0.1) is 12.7 Å². The van der Waals surface area contributed by atoms with E-state index in [1.165, 1.54) is 10.9 Å². The van der Waals surface area contributed by atoms with Crippen LogP contribution in [-0.4, -0.2) is 45.1 Å². The summed E-state index contributed by atoms with van der Waals surface area (Å²) < 4.78 is 1.21. The van der Waals surface area contributed by atoms with Crippen LogP contribution in [0.5, 0.6) is 0 Å². The number of carboxylic acid groups (broad SMARTS) is 1. The quantitative estimate of drug-likeness (QED) is 0.513. The van der Waals surface area contributed by atoms with Crippen molar-refractivity contribution in [3.63, 3.8) is 0 Å². The number of carbonyl (C=O) groups excluding carboxylic acids is 1. The molecule has 1 aromatic rings. The van der Waals surface area contributed by atoms with Gasteiger partial charge in [-0.15, -0.1) is 5.10 Å². The highest BCUT2D eigenvalue weighted by molar-refractivity contribution is 5.75. The summed E-state index contributed by atoms with van der Waals surface area (Å²) in [7, 11) is 0. The highest BCUT2D eigenvalue weighted by atomic mass is 16.4. The molecular weight excluding hydrogens is 238 g/mol. The van der Waals surface area contributed by atoms with E-state index in [2.05, 4.69) is 20.9 Å². The van der Waals surface area contributed by atoms with Gasteiger partial charge in [0, 0.05) is 13.0 Å². The Hall–Kier alpha value is -1.96. The van der Waals surface area contributed by atoms with E-state index in [1.54, 1.807) is 0 Å². The van der Waals surface area contributed by atoms with Crippen LogP contribution in [0.2, 0.25) is 0 Å². The minimum atomic E-state index is -0.985. The molecule has 1 amide bonds. The molecule has 0 aliphatic rings. The lowest BCUT2D eigenvalue weighted by Crippen LogP contribution is -2.27. The van der Waals surface area contributed by atoms with Crippen molar-refractivity contribution in [1.82, 2.24) is 25.6 Å². The molecule has 0 atom stereocenters. The minimum Gasteiger partial charge on any atom is -0.480 e. The molecule has 0 spiro atoms. The SMILES string of the molecule is CCNCCC(=O)NCc1cn(CC(=O)O)nn1.